The quantitative estimate of drug-likeness (QED) is 0.146. The Labute approximate surface area is 240 Å². The van der Waals surface area contributed by atoms with Gasteiger partial charge in [0.1, 0.15) is 66.8 Å². The summed E-state index contributed by atoms with van der Waals surface area (Å²) in [5.41, 5.74) is 1.34. The van der Waals surface area contributed by atoms with Crippen molar-refractivity contribution in [2.24, 2.45) is 0 Å². The average molecular weight is 597 g/mol. The van der Waals surface area contributed by atoms with E-state index in [2.05, 4.69) is 0 Å². The van der Waals surface area contributed by atoms with Gasteiger partial charge in [-0.1, -0.05) is 42.5 Å². The largest absolute Gasteiger partial charge is 0.509 e. The summed E-state index contributed by atoms with van der Waals surface area (Å²) in [6, 6.07) is 15.4. The second-order valence-electron chi connectivity index (χ2n) is 10.2. The molecule has 2 aromatic carbocycles. The van der Waals surface area contributed by atoms with E-state index in [4.69, 9.17) is 23.7 Å². The molecule has 2 aliphatic carbocycles. The van der Waals surface area contributed by atoms with Gasteiger partial charge in [0.25, 0.3) is 0 Å². The van der Waals surface area contributed by atoms with Gasteiger partial charge in [-0.25, -0.2) is 4.79 Å². The van der Waals surface area contributed by atoms with Gasteiger partial charge in [-0.15, -0.1) is 0 Å². The molecule has 14 nitrogen and oxygen atoms in total. The van der Waals surface area contributed by atoms with Gasteiger partial charge in [-0.05, 0) is 23.3 Å². The number of carbonyl (C=O) groups excluding carboxylic acids is 1. The molecule has 0 bridgehead atoms. The summed E-state index contributed by atoms with van der Waals surface area (Å²) >= 11 is 0. The number of aliphatic hydroxyl groups is 8. The molecular weight excluding hydrogens is 560 g/mol. The first kappa shape index (κ1) is 32.0. The van der Waals surface area contributed by atoms with Crippen LogP contribution in [-0.2, 0) is 32.2 Å². The van der Waals surface area contributed by atoms with Gasteiger partial charge in [0.05, 0.1) is 20.3 Å². The third-order valence-corrected chi connectivity index (χ3v) is 7.44. The third-order valence-electron chi connectivity index (χ3n) is 7.44. The number of methoxy groups -OCH3 is 1. The van der Waals surface area contributed by atoms with Crippen molar-refractivity contribution >= 4 is 6.16 Å². The Morgan fingerprint density at radius 3 is 1.29 bits per heavy atom. The van der Waals surface area contributed by atoms with Gasteiger partial charge in [-0.2, -0.15) is 0 Å². The molecule has 14 heteroatoms. The van der Waals surface area contributed by atoms with Crippen molar-refractivity contribution in [3.8, 4) is 5.75 Å². The summed E-state index contributed by atoms with van der Waals surface area (Å²) < 4.78 is 26.0. The highest BCUT2D eigenvalue weighted by atomic mass is 16.7. The number of benzene rings is 2. The van der Waals surface area contributed by atoms with Crippen molar-refractivity contribution in [2.75, 3.05) is 7.11 Å². The van der Waals surface area contributed by atoms with Crippen molar-refractivity contribution < 1.29 is 69.3 Å². The molecule has 0 spiro atoms. The van der Waals surface area contributed by atoms with Gasteiger partial charge >= 0.3 is 6.16 Å². The van der Waals surface area contributed by atoms with E-state index >= 15 is 0 Å². The molecule has 2 fully saturated rings. The molecule has 0 amide bonds. The summed E-state index contributed by atoms with van der Waals surface area (Å²) in [6.07, 6.45) is -23.3. The van der Waals surface area contributed by atoms with Crippen LogP contribution in [0.1, 0.15) is 11.1 Å². The summed E-state index contributed by atoms with van der Waals surface area (Å²) in [5, 5.41) is 84.2. The number of carbonyl (C=O) groups is 1. The van der Waals surface area contributed by atoms with Crippen LogP contribution < -0.4 is 4.74 Å². The number of hydrogen-bond acceptors (Lipinski definition) is 14. The lowest BCUT2D eigenvalue weighted by Crippen LogP contribution is -2.66. The minimum absolute atomic E-state index is 0.0560. The fourth-order valence-electron chi connectivity index (χ4n) is 4.97. The van der Waals surface area contributed by atoms with Crippen LogP contribution in [-0.4, -0.2) is 127 Å². The van der Waals surface area contributed by atoms with Crippen LogP contribution in [0, 0.1) is 0 Å². The smallest absolute Gasteiger partial charge is 0.497 e. The maximum absolute atomic E-state index is 12.5. The van der Waals surface area contributed by atoms with Crippen molar-refractivity contribution in [3.05, 3.63) is 65.7 Å². The van der Waals surface area contributed by atoms with Crippen molar-refractivity contribution in [2.45, 2.75) is 86.5 Å². The molecule has 0 radical (unpaired) electrons. The fraction of sp³-hybridized carbons (Fsp3) is 0.536. The van der Waals surface area contributed by atoms with Crippen molar-refractivity contribution in [1.29, 1.82) is 0 Å². The molecule has 2 aromatic rings. The molecule has 0 aliphatic heterocycles. The Morgan fingerprint density at radius 2 is 0.905 bits per heavy atom. The second kappa shape index (κ2) is 14.1. The lowest BCUT2D eigenvalue weighted by molar-refractivity contribution is -0.254. The fourth-order valence-corrected chi connectivity index (χ4v) is 4.97. The maximum atomic E-state index is 12.5. The highest BCUT2D eigenvalue weighted by molar-refractivity contribution is 5.61. The highest BCUT2D eigenvalue weighted by Crippen LogP contribution is 2.30. The number of hydrogen-bond donors (Lipinski definition) is 8. The standard InChI is InChI=1S/C28H36O14/c1-38-15-9-7-14(8-10-15)12-40-25-18(31)22(35)27(23(36)19(25)32)42-28(37)41-26-20(33)16(29)24(17(30)21(26)34)39-11-13-5-3-2-4-6-13/h2-10,16-27,29-36H,11-12H2,1H3/t16-,17+,18-,19-,20-,21-,22-,23+,24+,25+,26+,27+/m1/s1. The van der Waals surface area contributed by atoms with E-state index in [9.17, 15) is 45.6 Å². The molecule has 0 heterocycles. The second-order valence-corrected chi connectivity index (χ2v) is 10.2. The van der Waals surface area contributed by atoms with E-state index in [0.717, 1.165) is 0 Å². The molecule has 232 valence electrons. The van der Waals surface area contributed by atoms with Gasteiger partial charge < -0.3 is 64.5 Å². The van der Waals surface area contributed by atoms with Gasteiger partial charge in [0, 0.05) is 0 Å². The summed E-state index contributed by atoms with van der Waals surface area (Å²) in [7, 11) is 1.50. The molecule has 4 rings (SSSR count). The molecule has 42 heavy (non-hydrogen) atoms. The van der Waals surface area contributed by atoms with Gasteiger partial charge in [0.15, 0.2) is 12.2 Å². The third kappa shape index (κ3) is 7.01. The Hall–Kier alpha value is -2.89. The molecule has 0 aromatic heterocycles. The molecular formula is C28H36O14. The van der Waals surface area contributed by atoms with Crippen molar-refractivity contribution in [3.63, 3.8) is 0 Å². The van der Waals surface area contributed by atoms with Crippen LogP contribution in [0.15, 0.2) is 54.6 Å². The molecule has 12 atom stereocenters. The normalized spacial score (nSPS) is 36.7. The van der Waals surface area contributed by atoms with E-state index in [-0.39, 0.29) is 13.2 Å². The van der Waals surface area contributed by atoms with Gasteiger partial charge in [0.2, 0.25) is 0 Å². The number of aliphatic hydroxyl groups excluding tert-OH is 8. The minimum Gasteiger partial charge on any atom is -0.497 e. The predicted molar refractivity (Wildman–Crippen MR) is 140 cm³/mol. The summed E-state index contributed by atoms with van der Waals surface area (Å²) in [6.45, 7) is -0.159. The lowest BCUT2D eigenvalue weighted by atomic mass is 9.84. The number of ether oxygens (including phenoxy) is 5. The zero-order valence-corrected chi connectivity index (χ0v) is 22.6. The van der Waals surface area contributed by atoms with E-state index in [1.807, 2.05) is 0 Å². The number of rotatable bonds is 9. The van der Waals surface area contributed by atoms with Crippen LogP contribution in [0.25, 0.3) is 0 Å². The Balaban J connectivity index is 1.33. The Kier molecular flexibility index (Phi) is 10.7. The zero-order chi connectivity index (χ0) is 30.6. The topological polar surface area (TPSA) is 225 Å². The first-order valence-corrected chi connectivity index (χ1v) is 13.2. The highest BCUT2D eigenvalue weighted by Gasteiger charge is 2.54. The van der Waals surface area contributed by atoms with E-state index < -0.39 is 79.4 Å². The zero-order valence-electron chi connectivity index (χ0n) is 22.6. The first-order chi connectivity index (χ1) is 20.0. The van der Waals surface area contributed by atoms with Crippen molar-refractivity contribution in [1.82, 2.24) is 0 Å². The lowest BCUT2D eigenvalue weighted by Gasteiger charge is -2.44. The summed E-state index contributed by atoms with van der Waals surface area (Å²) in [4.78, 5) is 12.5. The first-order valence-electron chi connectivity index (χ1n) is 13.2. The van der Waals surface area contributed by atoms with Crippen LogP contribution >= 0.6 is 0 Å². The van der Waals surface area contributed by atoms with E-state index in [0.29, 0.717) is 16.9 Å². The van der Waals surface area contributed by atoms with Crippen LogP contribution in [0.5, 0.6) is 5.75 Å². The molecule has 0 unspecified atom stereocenters. The van der Waals surface area contributed by atoms with Crippen LogP contribution in [0.2, 0.25) is 0 Å². The maximum Gasteiger partial charge on any atom is 0.509 e. The van der Waals surface area contributed by atoms with E-state index in [1.54, 1.807) is 54.6 Å². The SMILES string of the molecule is COc1ccc(CO[C@H]2[C@H](O)[C@@H](O)[C@H](OC(=O)O[C@H]3[C@H](O)[C@@H](O)[C@H](OCc4ccccc4)[C@@H](O)[C@H]3O)[C@@H](O)[C@H]2O)cc1. The predicted octanol–water partition coefficient (Wildman–Crippen LogP) is -2.03. The summed E-state index contributed by atoms with van der Waals surface area (Å²) in [5.74, 6) is 0.600. The Morgan fingerprint density at radius 1 is 0.548 bits per heavy atom. The molecule has 2 saturated carbocycles. The molecule has 2 aliphatic rings. The van der Waals surface area contributed by atoms with Gasteiger partial charge in [-0.3, -0.25) is 0 Å². The monoisotopic (exact) mass is 596 g/mol. The van der Waals surface area contributed by atoms with Crippen LogP contribution in [0.3, 0.4) is 0 Å². The molecule has 0 saturated heterocycles. The molecule has 8 N–H and O–H groups in total. The van der Waals surface area contributed by atoms with Crippen LogP contribution in [0.4, 0.5) is 4.79 Å². The van der Waals surface area contributed by atoms with E-state index in [1.165, 1.54) is 7.11 Å². The minimum atomic E-state index is -1.94. The average Bonchev–Trinajstić information content (AvgIpc) is 3.00. The Bertz CT molecular complexity index is 1100.